The van der Waals surface area contributed by atoms with Crippen molar-refractivity contribution < 1.29 is 9.84 Å². The Morgan fingerprint density at radius 1 is 1.33 bits per heavy atom. The Morgan fingerprint density at radius 3 is 2.61 bits per heavy atom. The molecule has 1 unspecified atom stereocenters. The highest BCUT2D eigenvalue weighted by Gasteiger charge is 2.11. The average molecular weight is 263 g/mol. The van der Waals surface area contributed by atoms with Crippen LogP contribution >= 0.6 is 11.3 Å². The number of hydrogen-bond acceptors (Lipinski definition) is 4. The summed E-state index contributed by atoms with van der Waals surface area (Å²) in [5.41, 5.74) is 2.17. The number of rotatable bonds is 5. The van der Waals surface area contributed by atoms with Crippen LogP contribution < -0.4 is 4.74 Å². The maximum atomic E-state index is 10.0. The zero-order valence-corrected chi connectivity index (χ0v) is 11.4. The normalized spacial score (nSPS) is 12.4. The third-order valence-electron chi connectivity index (χ3n) is 2.79. The molecule has 96 valence electrons. The second kappa shape index (κ2) is 5.98. The molecular formula is C14H17NO2S. The lowest BCUT2D eigenvalue weighted by Crippen LogP contribution is -1.99. The third kappa shape index (κ3) is 3.31. The van der Waals surface area contributed by atoms with E-state index < -0.39 is 6.10 Å². The Balaban J connectivity index is 1.90. The van der Waals surface area contributed by atoms with Gasteiger partial charge >= 0.3 is 0 Å². The topological polar surface area (TPSA) is 42.4 Å². The van der Waals surface area contributed by atoms with Gasteiger partial charge in [0.1, 0.15) is 16.9 Å². The van der Waals surface area contributed by atoms with Crippen LogP contribution in [0.3, 0.4) is 0 Å². The number of methoxy groups -OCH3 is 1. The average Bonchev–Trinajstić information content (AvgIpc) is 2.83. The van der Waals surface area contributed by atoms with Gasteiger partial charge in [-0.3, -0.25) is 0 Å². The zero-order valence-electron chi connectivity index (χ0n) is 10.6. The highest BCUT2D eigenvalue weighted by Crippen LogP contribution is 2.23. The number of benzene rings is 1. The standard InChI is InChI=1S/C14H17NO2S/c1-10-9-18-14(15-10)13(16)8-5-11-3-6-12(17-2)7-4-11/h3-4,6-7,9,13,16H,5,8H2,1-2H3. The summed E-state index contributed by atoms with van der Waals surface area (Å²) in [5, 5.41) is 12.8. The van der Waals surface area contributed by atoms with Crippen molar-refractivity contribution in [1.29, 1.82) is 0 Å². The molecule has 2 aromatic rings. The maximum Gasteiger partial charge on any atom is 0.121 e. The van der Waals surface area contributed by atoms with Gasteiger partial charge in [0.05, 0.1) is 7.11 Å². The second-order valence-corrected chi connectivity index (χ2v) is 5.12. The van der Waals surface area contributed by atoms with E-state index in [1.54, 1.807) is 7.11 Å². The number of ether oxygens (including phenoxy) is 1. The number of aliphatic hydroxyl groups is 1. The van der Waals surface area contributed by atoms with Gasteiger partial charge in [0, 0.05) is 11.1 Å². The quantitative estimate of drug-likeness (QED) is 0.901. The van der Waals surface area contributed by atoms with Crippen molar-refractivity contribution in [3.8, 4) is 5.75 Å². The summed E-state index contributed by atoms with van der Waals surface area (Å²) in [6, 6.07) is 7.93. The molecule has 0 radical (unpaired) electrons. The molecule has 0 aliphatic rings. The minimum absolute atomic E-state index is 0.467. The number of hydrogen-bond donors (Lipinski definition) is 1. The molecule has 0 aliphatic carbocycles. The first-order chi connectivity index (χ1) is 8.69. The first-order valence-electron chi connectivity index (χ1n) is 5.92. The molecule has 3 nitrogen and oxygen atoms in total. The fourth-order valence-electron chi connectivity index (χ4n) is 1.74. The predicted molar refractivity (Wildman–Crippen MR) is 73.1 cm³/mol. The molecule has 1 atom stereocenters. The molecule has 18 heavy (non-hydrogen) atoms. The van der Waals surface area contributed by atoms with Gasteiger partial charge in [0.15, 0.2) is 0 Å². The summed E-state index contributed by atoms with van der Waals surface area (Å²) in [6.07, 6.45) is 1.06. The SMILES string of the molecule is COc1ccc(CCC(O)c2nc(C)cs2)cc1. The summed E-state index contributed by atoms with van der Waals surface area (Å²) in [7, 11) is 1.66. The number of aromatic nitrogens is 1. The van der Waals surface area contributed by atoms with Gasteiger partial charge in [-0.15, -0.1) is 11.3 Å². The summed E-state index contributed by atoms with van der Waals surface area (Å²) < 4.78 is 5.11. The van der Waals surface area contributed by atoms with Crippen LogP contribution in [0.4, 0.5) is 0 Å². The monoisotopic (exact) mass is 263 g/mol. The largest absolute Gasteiger partial charge is 0.497 e. The van der Waals surface area contributed by atoms with Crippen LogP contribution in [0, 0.1) is 6.92 Å². The molecule has 4 heteroatoms. The second-order valence-electron chi connectivity index (χ2n) is 4.23. The van der Waals surface area contributed by atoms with E-state index in [1.165, 1.54) is 16.9 Å². The van der Waals surface area contributed by atoms with Gasteiger partial charge in [-0.2, -0.15) is 0 Å². The van der Waals surface area contributed by atoms with Gasteiger partial charge in [0.25, 0.3) is 0 Å². The molecule has 0 aliphatic heterocycles. The van der Waals surface area contributed by atoms with Gasteiger partial charge < -0.3 is 9.84 Å². The van der Waals surface area contributed by atoms with Gasteiger partial charge in [0.2, 0.25) is 0 Å². The predicted octanol–water partition coefficient (Wildman–Crippen LogP) is 3.13. The molecule has 1 aromatic heterocycles. The van der Waals surface area contributed by atoms with E-state index in [1.807, 2.05) is 36.6 Å². The van der Waals surface area contributed by atoms with E-state index in [2.05, 4.69) is 4.98 Å². The fraction of sp³-hybridized carbons (Fsp3) is 0.357. The highest BCUT2D eigenvalue weighted by atomic mass is 32.1. The van der Waals surface area contributed by atoms with Crippen LogP contribution in [0.25, 0.3) is 0 Å². The molecule has 2 rings (SSSR count). The molecule has 0 saturated heterocycles. The number of aliphatic hydroxyl groups excluding tert-OH is 1. The van der Waals surface area contributed by atoms with E-state index in [0.717, 1.165) is 22.9 Å². The number of nitrogens with zero attached hydrogens (tertiary/aromatic N) is 1. The van der Waals surface area contributed by atoms with Crippen LogP contribution in [0.2, 0.25) is 0 Å². The molecular weight excluding hydrogens is 246 g/mol. The molecule has 1 heterocycles. The van der Waals surface area contributed by atoms with Crippen molar-refractivity contribution in [3.63, 3.8) is 0 Å². The zero-order chi connectivity index (χ0) is 13.0. The van der Waals surface area contributed by atoms with Crippen LogP contribution in [0.5, 0.6) is 5.75 Å². The smallest absolute Gasteiger partial charge is 0.121 e. The highest BCUT2D eigenvalue weighted by molar-refractivity contribution is 7.09. The van der Waals surface area contributed by atoms with E-state index in [9.17, 15) is 5.11 Å². The Kier molecular flexibility index (Phi) is 4.33. The van der Waals surface area contributed by atoms with E-state index in [0.29, 0.717) is 6.42 Å². The molecule has 0 saturated carbocycles. The van der Waals surface area contributed by atoms with Crippen molar-refractivity contribution in [1.82, 2.24) is 4.98 Å². The lowest BCUT2D eigenvalue weighted by molar-refractivity contribution is 0.167. The first-order valence-corrected chi connectivity index (χ1v) is 6.80. The van der Waals surface area contributed by atoms with Crippen LogP contribution in [-0.4, -0.2) is 17.2 Å². The molecule has 1 N–H and O–H groups in total. The van der Waals surface area contributed by atoms with Gasteiger partial charge in [-0.1, -0.05) is 12.1 Å². The number of thiazole rings is 1. The van der Waals surface area contributed by atoms with Crippen LogP contribution in [0.1, 0.15) is 28.8 Å². The maximum absolute atomic E-state index is 10.0. The Bertz CT molecular complexity index is 493. The molecule has 1 aromatic carbocycles. The summed E-state index contributed by atoms with van der Waals surface area (Å²) in [5.74, 6) is 0.856. The molecule has 0 bridgehead atoms. The minimum atomic E-state index is -0.467. The van der Waals surface area contributed by atoms with E-state index in [-0.39, 0.29) is 0 Å². The van der Waals surface area contributed by atoms with Crippen molar-refractivity contribution >= 4 is 11.3 Å². The molecule has 0 spiro atoms. The lowest BCUT2D eigenvalue weighted by Gasteiger charge is -2.08. The summed E-state index contributed by atoms with van der Waals surface area (Å²) >= 11 is 1.52. The summed E-state index contributed by atoms with van der Waals surface area (Å²) in [4.78, 5) is 4.30. The van der Waals surface area contributed by atoms with Crippen molar-refractivity contribution in [2.24, 2.45) is 0 Å². The van der Waals surface area contributed by atoms with E-state index >= 15 is 0 Å². The first kappa shape index (κ1) is 13.1. The summed E-state index contributed by atoms with van der Waals surface area (Å²) in [6.45, 7) is 1.94. The Morgan fingerprint density at radius 2 is 2.06 bits per heavy atom. The minimum Gasteiger partial charge on any atom is -0.497 e. The van der Waals surface area contributed by atoms with Gasteiger partial charge in [-0.25, -0.2) is 4.98 Å². The molecule has 0 amide bonds. The number of aryl methyl sites for hydroxylation is 2. The Labute approximate surface area is 111 Å². The van der Waals surface area contributed by atoms with Crippen molar-refractivity contribution in [3.05, 3.63) is 45.9 Å². The van der Waals surface area contributed by atoms with Crippen LogP contribution in [0.15, 0.2) is 29.6 Å². The van der Waals surface area contributed by atoms with Crippen molar-refractivity contribution in [2.75, 3.05) is 7.11 Å². The lowest BCUT2D eigenvalue weighted by atomic mass is 10.1. The van der Waals surface area contributed by atoms with Crippen molar-refractivity contribution in [2.45, 2.75) is 25.9 Å². The van der Waals surface area contributed by atoms with Crippen LogP contribution in [-0.2, 0) is 6.42 Å². The van der Waals surface area contributed by atoms with Gasteiger partial charge in [-0.05, 0) is 37.5 Å². The third-order valence-corrected chi connectivity index (χ3v) is 3.85. The fourth-order valence-corrected chi connectivity index (χ4v) is 2.56. The molecule has 0 fully saturated rings. The van der Waals surface area contributed by atoms with E-state index in [4.69, 9.17) is 4.74 Å². The Hall–Kier alpha value is -1.39.